The number of nitrogens with zero attached hydrogens (tertiary/aromatic N) is 4. The highest BCUT2D eigenvalue weighted by molar-refractivity contribution is 5.83. The quantitative estimate of drug-likeness (QED) is 0.361. The zero-order valence-corrected chi connectivity index (χ0v) is 19.0. The molecule has 32 heavy (non-hydrogen) atoms. The molecule has 4 heteroatoms. The molecule has 1 aliphatic heterocycles. The summed E-state index contributed by atoms with van der Waals surface area (Å²) in [6, 6.07) is 21.7. The minimum atomic E-state index is 0.344. The second-order valence-electron chi connectivity index (χ2n) is 8.64. The molecule has 0 atom stereocenters. The largest absolute Gasteiger partial charge is 0.327 e. The maximum absolute atomic E-state index is 9.57. The Morgan fingerprint density at radius 1 is 0.938 bits per heavy atom. The molecule has 0 aliphatic carbocycles. The van der Waals surface area contributed by atoms with Gasteiger partial charge in [-0.05, 0) is 79.6 Å². The first-order valence-corrected chi connectivity index (χ1v) is 11.5. The Hall–Kier alpha value is -3.58. The van der Waals surface area contributed by atoms with Gasteiger partial charge in [0.25, 0.3) is 0 Å². The molecule has 4 nitrogen and oxygen atoms in total. The van der Waals surface area contributed by atoms with Crippen molar-refractivity contribution in [2.24, 2.45) is 0 Å². The fourth-order valence-corrected chi connectivity index (χ4v) is 5.10. The Morgan fingerprint density at radius 2 is 1.75 bits per heavy atom. The molecular formula is C28H28N4. The summed E-state index contributed by atoms with van der Waals surface area (Å²) < 4.78 is 2.36. The van der Waals surface area contributed by atoms with Gasteiger partial charge in [-0.15, -0.1) is 0 Å². The maximum atomic E-state index is 9.57. The van der Waals surface area contributed by atoms with Crippen LogP contribution in [0.4, 0.5) is 11.4 Å². The van der Waals surface area contributed by atoms with Gasteiger partial charge in [-0.25, -0.2) is 4.98 Å². The minimum absolute atomic E-state index is 0.344. The normalized spacial score (nSPS) is 12.9. The van der Waals surface area contributed by atoms with Crippen LogP contribution in [-0.2, 0) is 19.3 Å². The number of hydrogen-bond acceptors (Lipinski definition) is 3. The first-order chi connectivity index (χ1) is 15.6. The monoisotopic (exact) mass is 420 g/mol. The van der Waals surface area contributed by atoms with E-state index in [2.05, 4.69) is 90.9 Å². The smallest absolute Gasteiger partial charge is 0.114 e. The Balaban J connectivity index is 1.73. The highest BCUT2D eigenvalue weighted by Gasteiger charge is 2.24. The molecular weight excluding hydrogens is 392 g/mol. The molecule has 5 rings (SSSR count). The van der Waals surface area contributed by atoms with E-state index in [4.69, 9.17) is 4.98 Å². The van der Waals surface area contributed by atoms with E-state index in [1.54, 1.807) is 0 Å². The van der Waals surface area contributed by atoms with Crippen molar-refractivity contribution in [3.63, 3.8) is 0 Å². The van der Waals surface area contributed by atoms with Crippen LogP contribution in [0.2, 0.25) is 0 Å². The highest BCUT2D eigenvalue weighted by atomic mass is 15.1. The molecule has 1 aromatic heterocycles. The van der Waals surface area contributed by atoms with Gasteiger partial charge in [0.2, 0.25) is 0 Å². The number of hydrogen-bond donors (Lipinski definition) is 0. The van der Waals surface area contributed by atoms with Gasteiger partial charge in [-0.1, -0.05) is 37.3 Å². The van der Waals surface area contributed by atoms with Crippen molar-refractivity contribution < 1.29 is 0 Å². The molecule has 3 aromatic carbocycles. The average Bonchev–Trinajstić information content (AvgIpc) is 3.08. The highest BCUT2D eigenvalue weighted by Crippen LogP contribution is 2.39. The molecule has 0 radical (unpaired) electrons. The van der Waals surface area contributed by atoms with E-state index >= 15 is 0 Å². The van der Waals surface area contributed by atoms with Gasteiger partial charge in [-0.2, -0.15) is 5.26 Å². The lowest BCUT2D eigenvalue weighted by molar-refractivity contribution is 0.814. The number of anilines is 2. The first kappa shape index (κ1) is 20.3. The van der Waals surface area contributed by atoms with Crippen molar-refractivity contribution in [2.75, 3.05) is 11.4 Å². The number of benzene rings is 3. The van der Waals surface area contributed by atoms with Crippen molar-refractivity contribution in [2.45, 2.75) is 46.5 Å². The number of fused-ring (bicyclic) bond motifs is 3. The summed E-state index contributed by atoms with van der Waals surface area (Å²) in [5.74, 6) is 1.12. The minimum Gasteiger partial charge on any atom is -0.327 e. The SMILES string of the molecule is CCCc1nc2c(C)cccc2n1-c1ccc2c(c1C)CCc1ccccc1N2CC#N. The van der Waals surface area contributed by atoms with Gasteiger partial charge in [-0.3, -0.25) is 4.57 Å². The summed E-state index contributed by atoms with van der Waals surface area (Å²) in [5.41, 5.74) is 10.9. The maximum Gasteiger partial charge on any atom is 0.114 e. The molecule has 0 fully saturated rings. The molecule has 0 bridgehead atoms. The third kappa shape index (κ3) is 3.17. The van der Waals surface area contributed by atoms with Crippen LogP contribution in [0.5, 0.6) is 0 Å². The number of aryl methyl sites for hydroxylation is 3. The number of para-hydroxylation sites is 2. The van der Waals surface area contributed by atoms with Gasteiger partial charge in [0.1, 0.15) is 12.4 Å². The van der Waals surface area contributed by atoms with Gasteiger partial charge in [0.05, 0.1) is 22.8 Å². The average molecular weight is 421 g/mol. The van der Waals surface area contributed by atoms with Crippen LogP contribution < -0.4 is 4.90 Å². The molecule has 0 spiro atoms. The Bertz CT molecular complexity index is 1360. The Morgan fingerprint density at radius 3 is 2.56 bits per heavy atom. The lowest BCUT2D eigenvalue weighted by Crippen LogP contribution is -2.19. The Labute approximate surface area is 189 Å². The lowest BCUT2D eigenvalue weighted by Gasteiger charge is -2.26. The van der Waals surface area contributed by atoms with E-state index in [9.17, 15) is 5.26 Å². The topological polar surface area (TPSA) is 44.9 Å². The standard InChI is InChI=1S/C28H28N4/c1-4-8-27-30-28-19(2)9-7-12-26(28)32(27)23-15-16-25-22(20(23)3)14-13-21-10-5-6-11-24(21)31(25)18-17-29/h5-7,9-12,15-16H,4,8,13-14,18H2,1-3H3. The number of aromatic nitrogens is 2. The summed E-state index contributed by atoms with van der Waals surface area (Å²) in [7, 11) is 0. The fraction of sp³-hybridized carbons (Fsp3) is 0.286. The zero-order valence-electron chi connectivity index (χ0n) is 19.0. The summed E-state index contributed by atoms with van der Waals surface area (Å²) in [6.45, 7) is 6.91. The molecule has 4 aromatic rings. The number of nitriles is 1. The van der Waals surface area contributed by atoms with E-state index in [1.807, 2.05) is 0 Å². The summed E-state index contributed by atoms with van der Waals surface area (Å²) in [6.07, 6.45) is 3.93. The molecule has 2 heterocycles. The van der Waals surface area contributed by atoms with Crippen molar-refractivity contribution >= 4 is 22.4 Å². The summed E-state index contributed by atoms with van der Waals surface area (Å²) in [4.78, 5) is 7.21. The van der Waals surface area contributed by atoms with Gasteiger partial charge in [0.15, 0.2) is 0 Å². The molecule has 0 unspecified atom stereocenters. The van der Waals surface area contributed by atoms with Crippen molar-refractivity contribution in [1.29, 1.82) is 5.26 Å². The van der Waals surface area contributed by atoms with Crippen molar-refractivity contribution in [3.05, 3.63) is 82.7 Å². The molecule has 0 amide bonds. The van der Waals surface area contributed by atoms with Crippen LogP contribution in [0.3, 0.4) is 0 Å². The number of rotatable bonds is 4. The second kappa shape index (κ2) is 8.16. The van der Waals surface area contributed by atoms with Crippen molar-refractivity contribution in [3.8, 4) is 11.8 Å². The first-order valence-electron chi connectivity index (χ1n) is 11.5. The molecule has 0 saturated carbocycles. The van der Waals surface area contributed by atoms with Crippen LogP contribution in [-0.4, -0.2) is 16.1 Å². The van der Waals surface area contributed by atoms with E-state index in [0.717, 1.165) is 48.4 Å². The van der Waals surface area contributed by atoms with Crippen LogP contribution in [0.25, 0.3) is 16.7 Å². The summed E-state index contributed by atoms with van der Waals surface area (Å²) >= 11 is 0. The lowest BCUT2D eigenvalue weighted by atomic mass is 9.98. The molecule has 0 saturated heterocycles. The van der Waals surface area contributed by atoms with Crippen LogP contribution in [0, 0.1) is 25.2 Å². The molecule has 1 aliphatic rings. The fourth-order valence-electron chi connectivity index (χ4n) is 5.10. The third-order valence-corrected chi connectivity index (χ3v) is 6.66. The van der Waals surface area contributed by atoms with E-state index in [1.165, 1.54) is 33.5 Å². The van der Waals surface area contributed by atoms with Crippen LogP contribution in [0.1, 0.15) is 41.4 Å². The van der Waals surface area contributed by atoms with Crippen LogP contribution in [0.15, 0.2) is 54.6 Å². The van der Waals surface area contributed by atoms with E-state index in [-0.39, 0.29) is 0 Å². The van der Waals surface area contributed by atoms with Gasteiger partial charge >= 0.3 is 0 Å². The number of imidazole rings is 1. The van der Waals surface area contributed by atoms with Crippen LogP contribution >= 0.6 is 0 Å². The second-order valence-corrected chi connectivity index (χ2v) is 8.64. The van der Waals surface area contributed by atoms with Gasteiger partial charge in [0, 0.05) is 17.8 Å². The predicted molar refractivity (Wildman–Crippen MR) is 131 cm³/mol. The van der Waals surface area contributed by atoms with E-state index < -0.39 is 0 Å². The Kier molecular flexibility index (Phi) is 5.19. The predicted octanol–water partition coefficient (Wildman–Crippen LogP) is 6.36. The molecule has 0 N–H and O–H groups in total. The third-order valence-electron chi connectivity index (χ3n) is 6.66. The van der Waals surface area contributed by atoms with Crippen molar-refractivity contribution in [1.82, 2.24) is 9.55 Å². The molecule has 160 valence electrons. The zero-order chi connectivity index (χ0) is 22.2. The van der Waals surface area contributed by atoms with Gasteiger partial charge < -0.3 is 4.90 Å². The summed E-state index contributed by atoms with van der Waals surface area (Å²) in [5, 5.41) is 9.57. The van der Waals surface area contributed by atoms with E-state index in [0.29, 0.717) is 6.54 Å².